The standard InChI is InChI=1S/C9H17NO/c1-2-7-11-9-5-3-4-8(9)10-6-1/h8-10H,1-7H2/t8-,9-/m0/s1. The number of nitrogens with one attached hydrogen (secondary N) is 1. The predicted molar refractivity (Wildman–Crippen MR) is 44.6 cm³/mol. The molecule has 1 saturated carbocycles. The third kappa shape index (κ3) is 1.74. The second kappa shape index (κ2) is 3.55. The Morgan fingerprint density at radius 3 is 3.09 bits per heavy atom. The molecule has 0 bridgehead atoms. The molecule has 2 nitrogen and oxygen atoms in total. The van der Waals surface area contributed by atoms with Crippen molar-refractivity contribution in [3.63, 3.8) is 0 Å². The van der Waals surface area contributed by atoms with Crippen molar-refractivity contribution in [1.29, 1.82) is 0 Å². The van der Waals surface area contributed by atoms with Crippen molar-refractivity contribution in [2.75, 3.05) is 13.2 Å². The van der Waals surface area contributed by atoms with E-state index in [1.807, 2.05) is 0 Å². The molecule has 1 saturated heterocycles. The summed E-state index contributed by atoms with van der Waals surface area (Å²) in [5, 5.41) is 3.56. The molecule has 0 aromatic carbocycles. The van der Waals surface area contributed by atoms with E-state index in [4.69, 9.17) is 4.74 Å². The zero-order valence-corrected chi connectivity index (χ0v) is 7.01. The Kier molecular flexibility index (Phi) is 2.44. The summed E-state index contributed by atoms with van der Waals surface area (Å²) in [5.74, 6) is 0. The zero-order chi connectivity index (χ0) is 7.52. The highest BCUT2D eigenvalue weighted by Crippen LogP contribution is 2.23. The number of fused-ring (bicyclic) bond motifs is 1. The van der Waals surface area contributed by atoms with Crippen LogP contribution in [0.2, 0.25) is 0 Å². The van der Waals surface area contributed by atoms with Gasteiger partial charge in [0.2, 0.25) is 0 Å². The lowest BCUT2D eigenvalue weighted by molar-refractivity contribution is 0.0296. The van der Waals surface area contributed by atoms with Crippen LogP contribution in [0.1, 0.15) is 32.1 Å². The fraction of sp³-hybridized carbons (Fsp3) is 1.00. The van der Waals surface area contributed by atoms with Crippen LogP contribution in [0.4, 0.5) is 0 Å². The van der Waals surface area contributed by atoms with Crippen molar-refractivity contribution in [3.8, 4) is 0 Å². The summed E-state index contributed by atoms with van der Waals surface area (Å²) in [7, 11) is 0. The van der Waals surface area contributed by atoms with Gasteiger partial charge in [-0.3, -0.25) is 0 Å². The number of ether oxygens (including phenoxy) is 1. The second-order valence-corrected chi connectivity index (χ2v) is 3.61. The first-order valence-corrected chi connectivity index (χ1v) is 4.82. The maximum absolute atomic E-state index is 5.74. The highest BCUT2D eigenvalue weighted by molar-refractivity contribution is 4.84. The van der Waals surface area contributed by atoms with Gasteiger partial charge in [0, 0.05) is 12.6 Å². The molecule has 2 heteroatoms. The van der Waals surface area contributed by atoms with Gasteiger partial charge in [-0.2, -0.15) is 0 Å². The molecule has 0 unspecified atom stereocenters. The quantitative estimate of drug-likeness (QED) is 0.569. The molecule has 11 heavy (non-hydrogen) atoms. The Hall–Kier alpha value is -0.0800. The SMILES string of the molecule is C1CCO[C@H]2CCC[C@@H]2NC1. The largest absolute Gasteiger partial charge is 0.377 e. The topological polar surface area (TPSA) is 21.3 Å². The van der Waals surface area contributed by atoms with Crippen LogP contribution in [0.5, 0.6) is 0 Å². The van der Waals surface area contributed by atoms with E-state index >= 15 is 0 Å². The molecule has 0 aromatic heterocycles. The van der Waals surface area contributed by atoms with E-state index in [9.17, 15) is 0 Å². The molecule has 2 rings (SSSR count). The zero-order valence-electron chi connectivity index (χ0n) is 7.01. The van der Waals surface area contributed by atoms with Crippen molar-refractivity contribution >= 4 is 0 Å². The molecule has 2 aliphatic rings. The first kappa shape index (κ1) is 7.56. The van der Waals surface area contributed by atoms with Crippen molar-refractivity contribution in [2.24, 2.45) is 0 Å². The Balaban J connectivity index is 1.89. The van der Waals surface area contributed by atoms with E-state index in [1.54, 1.807) is 0 Å². The minimum absolute atomic E-state index is 0.537. The van der Waals surface area contributed by atoms with Crippen molar-refractivity contribution < 1.29 is 4.74 Å². The molecule has 0 aromatic rings. The lowest BCUT2D eigenvalue weighted by atomic mass is 10.2. The predicted octanol–water partition coefficient (Wildman–Crippen LogP) is 1.31. The summed E-state index contributed by atoms with van der Waals surface area (Å²) in [6.45, 7) is 2.19. The number of rotatable bonds is 0. The number of hydrogen-bond acceptors (Lipinski definition) is 2. The van der Waals surface area contributed by atoms with Crippen LogP contribution in [0.15, 0.2) is 0 Å². The molecule has 0 spiro atoms. The normalized spacial score (nSPS) is 39.3. The molecule has 1 N–H and O–H groups in total. The summed E-state index contributed by atoms with van der Waals surface area (Å²) in [6, 6.07) is 0.676. The van der Waals surface area contributed by atoms with Gasteiger partial charge >= 0.3 is 0 Å². The summed E-state index contributed by atoms with van der Waals surface area (Å²) >= 11 is 0. The fourth-order valence-electron chi connectivity index (χ4n) is 2.11. The third-order valence-electron chi connectivity index (χ3n) is 2.76. The molecular formula is C9H17NO. The van der Waals surface area contributed by atoms with Gasteiger partial charge in [0.05, 0.1) is 6.10 Å². The van der Waals surface area contributed by atoms with Crippen LogP contribution < -0.4 is 5.32 Å². The van der Waals surface area contributed by atoms with Gasteiger partial charge in [-0.1, -0.05) is 0 Å². The molecule has 1 aliphatic carbocycles. The van der Waals surface area contributed by atoms with E-state index in [2.05, 4.69) is 5.32 Å². The van der Waals surface area contributed by atoms with E-state index in [-0.39, 0.29) is 0 Å². The fourth-order valence-corrected chi connectivity index (χ4v) is 2.11. The van der Waals surface area contributed by atoms with Crippen molar-refractivity contribution in [3.05, 3.63) is 0 Å². The van der Waals surface area contributed by atoms with E-state index in [1.165, 1.54) is 38.6 Å². The Labute approximate surface area is 68.3 Å². The highest BCUT2D eigenvalue weighted by Gasteiger charge is 2.27. The molecule has 0 amide bonds. The minimum atomic E-state index is 0.537. The molecule has 1 heterocycles. The molecule has 0 radical (unpaired) electrons. The Morgan fingerprint density at radius 2 is 2.09 bits per heavy atom. The Morgan fingerprint density at radius 1 is 1.09 bits per heavy atom. The molecular weight excluding hydrogens is 138 g/mol. The van der Waals surface area contributed by atoms with Gasteiger partial charge in [0.25, 0.3) is 0 Å². The molecule has 64 valence electrons. The molecule has 2 atom stereocenters. The van der Waals surface area contributed by atoms with Crippen LogP contribution in [-0.4, -0.2) is 25.3 Å². The van der Waals surface area contributed by atoms with Gasteiger partial charge in [-0.05, 0) is 38.6 Å². The van der Waals surface area contributed by atoms with Crippen LogP contribution in [0.3, 0.4) is 0 Å². The monoisotopic (exact) mass is 155 g/mol. The first-order valence-electron chi connectivity index (χ1n) is 4.82. The molecule has 1 aliphatic heterocycles. The van der Waals surface area contributed by atoms with Gasteiger partial charge in [0.1, 0.15) is 0 Å². The number of hydrogen-bond donors (Lipinski definition) is 1. The van der Waals surface area contributed by atoms with E-state index < -0.39 is 0 Å². The molecule has 2 fully saturated rings. The van der Waals surface area contributed by atoms with Crippen LogP contribution in [-0.2, 0) is 4.74 Å². The van der Waals surface area contributed by atoms with Crippen molar-refractivity contribution in [2.45, 2.75) is 44.2 Å². The average Bonchev–Trinajstić information content (AvgIpc) is 2.35. The first-order chi connectivity index (χ1) is 5.47. The minimum Gasteiger partial charge on any atom is -0.377 e. The third-order valence-corrected chi connectivity index (χ3v) is 2.76. The maximum atomic E-state index is 5.74. The van der Waals surface area contributed by atoms with Gasteiger partial charge in [-0.25, -0.2) is 0 Å². The van der Waals surface area contributed by atoms with E-state index in [0.29, 0.717) is 12.1 Å². The van der Waals surface area contributed by atoms with E-state index in [0.717, 1.165) is 6.61 Å². The lowest BCUT2D eigenvalue weighted by Crippen LogP contribution is -2.39. The maximum Gasteiger partial charge on any atom is 0.0728 e. The van der Waals surface area contributed by atoms with Crippen LogP contribution in [0, 0.1) is 0 Å². The van der Waals surface area contributed by atoms with Crippen LogP contribution in [0.25, 0.3) is 0 Å². The van der Waals surface area contributed by atoms with Gasteiger partial charge < -0.3 is 10.1 Å². The van der Waals surface area contributed by atoms with Crippen molar-refractivity contribution in [1.82, 2.24) is 5.32 Å². The smallest absolute Gasteiger partial charge is 0.0728 e. The lowest BCUT2D eigenvalue weighted by Gasteiger charge is -2.24. The average molecular weight is 155 g/mol. The summed E-state index contributed by atoms with van der Waals surface area (Å²) in [5.41, 5.74) is 0. The highest BCUT2D eigenvalue weighted by atomic mass is 16.5. The van der Waals surface area contributed by atoms with Gasteiger partial charge in [0.15, 0.2) is 0 Å². The second-order valence-electron chi connectivity index (χ2n) is 3.61. The summed E-state index contributed by atoms with van der Waals surface area (Å²) < 4.78 is 5.74. The Bertz CT molecular complexity index is 113. The van der Waals surface area contributed by atoms with Gasteiger partial charge in [-0.15, -0.1) is 0 Å². The van der Waals surface area contributed by atoms with Crippen LogP contribution >= 0.6 is 0 Å². The summed E-state index contributed by atoms with van der Waals surface area (Å²) in [6.07, 6.45) is 7.00. The summed E-state index contributed by atoms with van der Waals surface area (Å²) in [4.78, 5) is 0.